The molecule has 4 bridgehead atoms. The third-order valence-electron chi connectivity index (χ3n) is 6.62. The number of para-hydroxylation sites is 1. The molecule has 1 amide bonds. The summed E-state index contributed by atoms with van der Waals surface area (Å²) in [6.45, 7) is 8.08. The largest absolute Gasteiger partial charge is 0.491 e. The van der Waals surface area contributed by atoms with Crippen LogP contribution in [0.4, 0.5) is 11.5 Å². The van der Waals surface area contributed by atoms with Gasteiger partial charge in [0.15, 0.2) is 11.5 Å². The fourth-order valence-electron chi connectivity index (χ4n) is 4.71. The summed E-state index contributed by atoms with van der Waals surface area (Å²) in [5.41, 5.74) is 14.5. The molecule has 2 unspecified atom stereocenters. The Labute approximate surface area is 232 Å². The number of hydrogen-bond acceptors (Lipinski definition) is 8. The van der Waals surface area contributed by atoms with Gasteiger partial charge in [-0.2, -0.15) is 0 Å². The predicted octanol–water partition coefficient (Wildman–Crippen LogP) is 4.54. The van der Waals surface area contributed by atoms with E-state index >= 15 is 0 Å². The second kappa shape index (κ2) is 12.7. The first-order valence-electron chi connectivity index (χ1n) is 13.2. The van der Waals surface area contributed by atoms with Crippen LogP contribution in [0.1, 0.15) is 56.1 Å². The Morgan fingerprint density at radius 2 is 1.87 bits per heavy atom. The Balaban J connectivity index is 1.68. The van der Waals surface area contributed by atoms with Crippen molar-refractivity contribution in [1.82, 2.24) is 9.97 Å². The number of nitrogen functional groups attached to an aromatic ring is 1. The first-order chi connectivity index (χ1) is 18.7. The van der Waals surface area contributed by atoms with Crippen LogP contribution in [0.15, 0.2) is 53.6 Å². The Kier molecular flexibility index (Phi) is 9.32. The number of fused-ring (bicyclic) bond motifs is 13. The molecule has 2 aliphatic heterocycles. The minimum Gasteiger partial charge on any atom is -0.491 e. The van der Waals surface area contributed by atoms with Gasteiger partial charge in [0.25, 0.3) is 5.91 Å². The summed E-state index contributed by atoms with van der Waals surface area (Å²) in [7, 11) is -1.22. The molecule has 208 valence electrons. The third kappa shape index (κ3) is 7.00. The van der Waals surface area contributed by atoms with Crippen LogP contribution >= 0.6 is 0 Å². The molecule has 0 radical (unpaired) electrons. The van der Waals surface area contributed by atoms with E-state index in [1.165, 1.54) is 6.20 Å². The first-order valence-corrected chi connectivity index (χ1v) is 14.3. The van der Waals surface area contributed by atoms with Crippen molar-refractivity contribution < 1.29 is 18.5 Å². The van der Waals surface area contributed by atoms with Gasteiger partial charge < -0.3 is 26.3 Å². The van der Waals surface area contributed by atoms with Crippen LogP contribution in [0.25, 0.3) is 11.3 Å². The molecular formula is C29H37N5O4S. The Morgan fingerprint density at radius 1 is 1.13 bits per heavy atom. The van der Waals surface area contributed by atoms with Crippen molar-refractivity contribution in [3.05, 3.63) is 59.9 Å². The topological polar surface area (TPSA) is 142 Å². The highest BCUT2D eigenvalue weighted by Crippen LogP contribution is 2.31. The molecule has 5 rings (SSSR count). The van der Waals surface area contributed by atoms with E-state index in [1.807, 2.05) is 50.2 Å². The normalized spacial score (nSPS) is 20.6. The standard InChI is InChI=1S/C29H37N5O4S/c1-19-15-29(2,3)39(36)22-11-9-20(10-12-22)24-17-32-27(31)25(33-24)28(35)34-23-8-6-7-21(16-30)26(23)38-14-5-4-13-37-18-19/h6-12,17,19H,4-5,13-16,18,30H2,1-3H3,(H2,31,32)(H,34,35). The van der Waals surface area contributed by atoms with Gasteiger partial charge in [0, 0.05) is 40.5 Å². The van der Waals surface area contributed by atoms with E-state index in [4.69, 9.17) is 20.9 Å². The molecular weight excluding hydrogens is 514 g/mol. The number of aromatic nitrogens is 2. The number of carbonyl (C=O) groups is 1. The summed E-state index contributed by atoms with van der Waals surface area (Å²) in [4.78, 5) is 22.7. The number of nitrogens with two attached hydrogens (primary N) is 2. The number of amides is 1. The quantitative estimate of drug-likeness (QED) is 0.400. The first kappa shape index (κ1) is 28.7. The van der Waals surface area contributed by atoms with Crippen molar-refractivity contribution in [2.45, 2.75) is 56.2 Å². The molecule has 1 aromatic heterocycles. The molecule has 9 nitrogen and oxygen atoms in total. The van der Waals surface area contributed by atoms with Crippen molar-refractivity contribution >= 4 is 28.2 Å². The maximum atomic E-state index is 13.4. The molecule has 0 saturated carbocycles. The van der Waals surface area contributed by atoms with E-state index < -0.39 is 21.5 Å². The van der Waals surface area contributed by atoms with E-state index in [-0.39, 0.29) is 24.0 Å². The molecule has 0 fully saturated rings. The number of nitrogens with zero attached hydrogens (tertiary/aromatic N) is 2. The highest BCUT2D eigenvalue weighted by atomic mass is 32.2. The lowest BCUT2D eigenvalue weighted by Crippen LogP contribution is -2.30. The van der Waals surface area contributed by atoms with E-state index in [9.17, 15) is 9.00 Å². The van der Waals surface area contributed by atoms with Gasteiger partial charge in [-0.15, -0.1) is 0 Å². The zero-order valence-electron chi connectivity index (χ0n) is 22.7. The lowest BCUT2D eigenvalue weighted by molar-refractivity contribution is 0.0937. The average molecular weight is 552 g/mol. The van der Waals surface area contributed by atoms with Gasteiger partial charge in [-0.05, 0) is 57.2 Å². The molecule has 0 aliphatic carbocycles. The number of benzene rings is 2. The summed E-state index contributed by atoms with van der Waals surface area (Å²) in [5, 5.41) is 2.87. The van der Waals surface area contributed by atoms with Gasteiger partial charge in [-0.25, -0.2) is 9.97 Å². The summed E-state index contributed by atoms with van der Waals surface area (Å²) < 4.78 is 25.0. The predicted molar refractivity (Wildman–Crippen MR) is 154 cm³/mol. The Hall–Kier alpha value is -3.34. The van der Waals surface area contributed by atoms with Crippen LogP contribution in [0.3, 0.4) is 0 Å². The van der Waals surface area contributed by atoms with Gasteiger partial charge in [0.2, 0.25) is 0 Å². The van der Waals surface area contributed by atoms with Crippen LogP contribution in [-0.2, 0) is 22.1 Å². The molecule has 2 aromatic carbocycles. The molecule has 2 aliphatic rings. The summed E-state index contributed by atoms with van der Waals surface area (Å²) in [6.07, 6.45) is 3.86. The van der Waals surface area contributed by atoms with Crippen LogP contribution in [-0.4, -0.2) is 44.7 Å². The smallest absolute Gasteiger partial charge is 0.278 e. The highest BCUT2D eigenvalue weighted by Gasteiger charge is 2.29. The molecule has 10 heteroatoms. The van der Waals surface area contributed by atoms with E-state index in [0.29, 0.717) is 37.0 Å². The zero-order chi connectivity index (χ0) is 28.0. The van der Waals surface area contributed by atoms with Gasteiger partial charge in [-0.3, -0.25) is 9.00 Å². The number of rotatable bonds is 1. The lowest BCUT2D eigenvalue weighted by atomic mass is 9.99. The van der Waals surface area contributed by atoms with Crippen molar-refractivity contribution in [2.75, 3.05) is 30.9 Å². The number of anilines is 2. The summed E-state index contributed by atoms with van der Waals surface area (Å²) in [5.74, 6) is 0.281. The van der Waals surface area contributed by atoms with Crippen LogP contribution in [0.5, 0.6) is 5.75 Å². The number of carbonyl (C=O) groups excluding carboxylic acids is 1. The molecule has 5 N–H and O–H groups in total. The van der Waals surface area contributed by atoms with Gasteiger partial charge >= 0.3 is 0 Å². The molecule has 39 heavy (non-hydrogen) atoms. The average Bonchev–Trinajstić information content (AvgIpc) is 2.92. The van der Waals surface area contributed by atoms with Crippen molar-refractivity contribution in [2.24, 2.45) is 11.7 Å². The number of hydrogen-bond donors (Lipinski definition) is 3. The van der Waals surface area contributed by atoms with Gasteiger partial charge in [0.1, 0.15) is 5.75 Å². The minimum atomic E-state index is -1.22. The van der Waals surface area contributed by atoms with Crippen molar-refractivity contribution in [3.8, 4) is 17.0 Å². The van der Waals surface area contributed by atoms with E-state index in [2.05, 4.69) is 22.2 Å². The second-order valence-corrected chi connectivity index (χ2v) is 12.5. The van der Waals surface area contributed by atoms with Crippen LogP contribution in [0.2, 0.25) is 0 Å². The molecule has 0 spiro atoms. The fourth-order valence-corrected chi connectivity index (χ4v) is 6.16. The molecule has 3 heterocycles. The van der Waals surface area contributed by atoms with Gasteiger partial charge in [-0.1, -0.05) is 31.2 Å². The second-order valence-electron chi connectivity index (χ2n) is 10.4. The van der Waals surface area contributed by atoms with E-state index in [0.717, 1.165) is 35.3 Å². The summed E-state index contributed by atoms with van der Waals surface area (Å²) in [6, 6.07) is 12.8. The maximum Gasteiger partial charge on any atom is 0.278 e. The maximum absolute atomic E-state index is 13.4. The molecule has 2 atom stereocenters. The molecule has 3 aromatic rings. The Morgan fingerprint density at radius 3 is 2.62 bits per heavy atom. The summed E-state index contributed by atoms with van der Waals surface area (Å²) >= 11 is 0. The highest BCUT2D eigenvalue weighted by molar-refractivity contribution is 7.86. The minimum absolute atomic E-state index is 0.00124. The SMILES string of the molecule is CC1COCCCCOc2c(CN)cccc2NC(=O)c2nc(cnc2N)-c2ccc(cc2)S(=O)C(C)(C)C1. The fraction of sp³-hybridized carbons (Fsp3) is 0.414. The third-order valence-corrected chi connectivity index (χ3v) is 8.49. The van der Waals surface area contributed by atoms with E-state index in [1.54, 1.807) is 6.07 Å². The number of ether oxygens (including phenoxy) is 2. The van der Waals surface area contributed by atoms with Crippen LogP contribution < -0.4 is 21.5 Å². The van der Waals surface area contributed by atoms with Crippen molar-refractivity contribution in [1.29, 1.82) is 0 Å². The van der Waals surface area contributed by atoms with Crippen LogP contribution in [0, 0.1) is 5.92 Å². The lowest BCUT2D eigenvalue weighted by Gasteiger charge is -2.27. The monoisotopic (exact) mass is 551 g/mol. The molecule has 0 saturated heterocycles. The zero-order valence-corrected chi connectivity index (χ0v) is 23.6. The number of nitrogens with one attached hydrogen (secondary N) is 1. The Bertz CT molecular complexity index is 1330. The van der Waals surface area contributed by atoms with Gasteiger partial charge in [0.05, 0.1) is 35.0 Å². The van der Waals surface area contributed by atoms with Crippen molar-refractivity contribution in [3.63, 3.8) is 0 Å².